The largest absolute Gasteiger partial charge is 0.383 e. The summed E-state index contributed by atoms with van der Waals surface area (Å²) in [6.45, 7) is 21.2. The van der Waals surface area contributed by atoms with Crippen LogP contribution in [0, 0.1) is 13.8 Å². The zero-order chi connectivity index (χ0) is 25.7. The van der Waals surface area contributed by atoms with Crippen molar-refractivity contribution in [3.05, 3.63) is 47.8 Å². The van der Waals surface area contributed by atoms with Gasteiger partial charge in [-0.2, -0.15) is 0 Å². The number of aryl methyl sites for hydroxylation is 2. The molecule has 2 aromatic carbocycles. The number of rotatable bonds is 12. The maximum absolute atomic E-state index is 4.98. The van der Waals surface area contributed by atoms with Gasteiger partial charge in [0.2, 0.25) is 0 Å². The molecule has 40 heavy (non-hydrogen) atoms. The third-order valence-corrected chi connectivity index (χ3v) is 7.28. The molecule has 6 nitrogen and oxygen atoms in total. The third-order valence-electron chi connectivity index (χ3n) is 7.28. The van der Waals surface area contributed by atoms with Gasteiger partial charge < -0.3 is 20.4 Å². The van der Waals surface area contributed by atoms with E-state index in [2.05, 4.69) is 98.4 Å². The van der Waals surface area contributed by atoms with E-state index >= 15 is 0 Å². The number of likely N-dealkylation sites (N-methyl/N-ethyl adjacent to an activating group) is 2. The highest BCUT2D eigenvalue weighted by Gasteiger charge is 2.13. The lowest BCUT2D eigenvalue weighted by atomic mass is 10.0. The third kappa shape index (κ3) is 8.60. The summed E-state index contributed by atoms with van der Waals surface area (Å²) in [7, 11) is 0. The summed E-state index contributed by atoms with van der Waals surface area (Å²) in [4.78, 5) is 14.8. The molecule has 0 spiro atoms. The van der Waals surface area contributed by atoms with Gasteiger partial charge in [-0.3, -0.25) is 9.97 Å². The van der Waals surface area contributed by atoms with E-state index in [4.69, 9.17) is 9.97 Å². The molecule has 2 N–H and O–H groups in total. The number of pyridine rings is 2. The van der Waals surface area contributed by atoms with E-state index in [1.807, 2.05) is 0 Å². The summed E-state index contributed by atoms with van der Waals surface area (Å²) in [5, 5.41) is 12.0. The molecule has 0 aliphatic carbocycles. The Bertz CT molecular complexity index is 1240. The number of halogens is 4. The van der Waals surface area contributed by atoms with Crippen molar-refractivity contribution in [1.29, 1.82) is 0 Å². The molecular formula is C30H46Cl4N6. The van der Waals surface area contributed by atoms with E-state index in [0.717, 1.165) is 108 Å². The minimum absolute atomic E-state index is 0. The molecule has 4 aromatic rings. The normalized spacial score (nSPS) is 10.7. The van der Waals surface area contributed by atoms with Gasteiger partial charge in [0.1, 0.15) is 0 Å². The topological polar surface area (TPSA) is 56.3 Å². The lowest BCUT2D eigenvalue weighted by Gasteiger charge is -2.20. The van der Waals surface area contributed by atoms with Crippen molar-refractivity contribution in [2.24, 2.45) is 0 Å². The second kappa shape index (κ2) is 17.9. The van der Waals surface area contributed by atoms with E-state index in [-0.39, 0.29) is 49.6 Å². The molecule has 0 atom stereocenters. The summed E-state index contributed by atoms with van der Waals surface area (Å²) in [5.74, 6) is 0. The summed E-state index contributed by atoms with van der Waals surface area (Å²) in [6, 6.07) is 13.2. The quantitative estimate of drug-likeness (QED) is 0.156. The molecular weight excluding hydrogens is 586 g/mol. The number of nitrogens with zero attached hydrogens (tertiary/aromatic N) is 4. The maximum atomic E-state index is 4.98. The highest BCUT2D eigenvalue weighted by atomic mass is 35.5. The number of fused-ring (bicyclic) bond motifs is 5. The van der Waals surface area contributed by atoms with E-state index in [1.165, 1.54) is 0 Å². The highest BCUT2D eigenvalue weighted by Crippen LogP contribution is 2.35. The fraction of sp³-hybridized carbons (Fsp3) is 0.467. The number of anilines is 2. The molecule has 0 amide bonds. The summed E-state index contributed by atoms with van der Waals surface area (Å²) in [5.41, 5.74) is 6.44. The van der Waals surface area contributed by atoms with Gasteiger partial charge in [0.25, 0.3) is 0 Å². The molecule has 2 aromatic heterocycles. The molecule has 0 saturated carbocycles. The van der Waals surface area contributed by atoms with Gasteiger partial charge in [-0.15, -0.1) is 49.6 Å². The first-order chi connectivity index (χ1) is 17.5. The second-order valence-electron chi connectivity index (χ2n) is 9.55. The molecule has 0 fully saturated rings. The van der Waals surface area contributed by atoms with Crippen LogP contribution in [0.5, 0.6) is 0 Å². The molecule has 2 heterocycles. The van der Waals surface area contributed by atoms with Gasteiger partial charge in [-0.25, -0.2) is 0 Å². The van der Waals surface area contributed by atoms with E-state index in [9.17, 15) is 0 Å². The van der Waals surface area contributed by atoms with Crippen LogP contribution in [0.1, 0.15) is 39.1 Å². The van der Waals surface area contributed by atoms with Crippen LogP contribution < -0.4 is 10.6 Å². The lowest BCUT2D eigenvalue weighted by Crippen LogP contribution is -2.28. The lowest BCUT2D eigenvalue weighted by molar-refractivity contribution is 0.316. The Morgan fingerprint density at radius 1 is 0.550 bits per heavy atom. The average molecular weight is 633 g/mol. The van der Waals surface area contributed by atoms with E-state index in [0.29, 0.717) is 0 Å². The fourth-order valence-electron chi connectivity index (χ4n) is 5.11. The standard InChI is InChI=1S/C30H42N6.4ClH/c1-7-35(8-2)17-15-31-27-19-21(5)33-29-23-12-14-26-28(32-16-18-36(9-3)10-4)20-22(6)34-30(26)24(23)11-13-25(27)29;;;;/h11-14,19-20H,7-10,15-18H2,1-6H3,(H,31,33)(H,32,34);4*1H. The van der Waals surface area contributed by atoms with Gasteiger partial charge in [0.05, 0.1) is 11.0 Å². The zero-order valence-electron chi connectivity index (χ0n) is 24.5. The maximum Gasteiger partial charge on any atom is 0.0805 e. The van der Waals surface area contributed by atoms with Crippen LogP contribution in [0.25, 0.3) is 32.6 Å². The van der Waals surface area contributed by atoms with Crippen LogP contribution in [0.2, 0.25) is 0 Å². The van der Waals surface area contributed by atoms with Crippen molar-refractivity contribution in [3.63, 3.8) is 0 Å². The number of hydrogen-bond acceptors (Lipinski definition) is 6. The smallest absolute Gasteiger partial charge is 0.0805 e. The number of nitrogens with one attached hydrogen (secondary N) is 2. The van der Waals surface area contributed by atoms with Gasteiger partial charge in [-0.05, 0) is 52.2 Å². The molecule has 0 bridgehead atoms. The number of hydrogen-bond donors (Lipinski definition) is 2. The molecule has 4 rings (SSSR count). The Morgan fingerprint density at radius 2 is 0.875 bits per heavy atom. The Kier molecular flexibility index (Phi) is 17.1. The Balaban J connectivity index is 0.00000380. The van der Waals surface area contributed by atoms with Crippen LogP contribution in [-0.2, 0) is 0 Å². The Hall–Kier alpha value is -1.80. The fourth-order valence-corrected chi connectivity index (χ4v) is 5.11. The molecule has 0 aliphatic rings. The first-order valence-electron chi connectivity index (χ1n) is 13.6. The molecule has 0 radical (unpaired) electrons. The minimum atomic E-state index is 0. The molecule has 10 heteroatoms. The van der Waals surface area contributed by atoms with Gasteiger partial charge in [0.15, 0.2) is 0 Å². The van der Waals surface area contributed by atoms with Gasteiger partial charge in [-0.1, -0.05) is 52.0 Å². The molecule has 0 aliphatic heterocycles. The predicted molar refractivity (Wildman–Crippen MR) is 186 cm³/mol. The van der Waals surface area contributed by atoms with E-state index < -0.39 is 0 Å². The monoisotopic (exact) mass is 630 g/mol. The van der Waals surface area contributed by atoms with Crippen LogP contribution in [0.15, 0.2) is 36.4 Å². The highest BCUT2D eigenvalue weighted by molar-refractivity contribution is 6.18. The summed E-state index contributed by atoms with van der Waals surface area (Å²) < 4.78 is 0. The second-order valence-corrected chi connectivity index (χ2v) is 9.55. The summed E-state index contributed by atoms with van der Waals surface area (Å²) in [6.07, 6.45) is 0. The van der Waals surface area contributed by atoms with Gasteiger partial charge in [0, 0.05) is 70.5 Å². The van der Waals surface area contributed by atoms with Crippen LogP contribution in [0.3, 0.4) is 0 Å². The van der Waals surface area contributed by atoms with Crippen molar-refractivity contribution < 1.29 is 0 Å². The zero-order valence-corrected chi connectivity index (χ0v) is 27.8. The van der Waals surface area contributed by atoms with Crippen molar-refractivity contribution in [3.8, 4) is 0 Å². The first kappa shape index (κ1) is 38.2. The predicted octanol–water partition coefficient (Wildman–Crippen LogP) is 7.75. The van der Waals surface area contributed by atoms with E-state index in [1.54, 1.807) is 0 Å². The Morgan fingerprint density at radius 3 is 1.20 bits per heavy atom. The molecule has 224 valence electrons. The Labute approximate surface area is 264 Å². The van der Waals surface area contributed by atoms with Crippen LogP contribution in [-0.4, -0.2) is 72.1 Å². The van der Waals surface area contributed by atoms with Crippen LogP contribution >= 0.6 is 49.6 Å². The minimum Gasteiger partial charge on any atom is -0.383 e. The summed E-state index contributed by atoms with van der Waals surface area (Å²) >= 11 is 0. The molecule has 0 saturated heterocycles. The number of aromatic nitrogens is 2. The van der Waals surface area contributed by atoms with Gasteiger partial charge >= 0.3 is 0 Å². The van der Waals surface area contributed by atoms with Crippen molar-refractivity contribution >= 4 is 93.6 Å². The average Bonchev–Trinajstić information content (AvgIpc) is 2.88. The SMILES string of the molecule is CCN(CC)CCNc1cc(C)nc2c1ccc1c2ccc2c(NCCN(CC)CC)cc(C)nc21.Cl.Cl.Cl.Cl. The van der Waals surface area contributed by atoms with Crippen molar-refractivity contribution in [2.45, 2.75) is 41.5 Å². The molecule has 0 unspecified atom stereocenters. The van der Waals surface area contributed by atoms with Crippen molar-refractivity contribution in [2.75, 3.05) is 63.0 Å². The van der Waals surface area contributed by atoms with Crippen LogP contribution in [0.4, 0.5) is 11.4 Å². The number of benzene rings is 2. The van der Waals surface area contributed by atoms with Crippen molar-refractivity contribution in [1.82, 2.24) is 19.8 Å². The first-order valence-corrected chi connectivity index (χ1v) is 13.6.